The Morgan fingerprint density at radius 3 is 2.91 bits per heavy atom. The molecule has 2 fully saturated rings. The van der Waals surface area contributed by atoms with E-state index in [9.17, 15) is 4.79 Å². The summed E-state index contributed by atoms with van der Waals surface area (Å²) >= 11 is 5.91. The van der Waals surface area contributed by atoms with Gasteiger partial charge in [0.2, 0.25) is 0 Å². The Hall–Kier alpha value is -1.55. The minimum absolute atomic E-state index is 0.0282. The van der Waals surface area contributed by atoms with E-state index in [-0.39, 0.29) is 11.9 Å². The van der Waals surface area contributed by atoms with Gasteiger partial charge in [-0.3, -0.25) is 4.79 Å². The van der Waals surface area contributed by atoms with Crippen LogP contribution in [-0.2, 0) is 0 Å². The second-order valence-electron chi connectivity index (χ2n) is 7.93. The van der Waals surface area contributed by atoms with E-state index in [4.69, 9.17) is 11.6 Å². The third kappa shape index (κ3) is 2.35. The standard InChI is InChI=1S/C18H22ClN3O/c1-9-12-4-11(7-18(12,2)3)16(9)22-17(23)13-5-10-6-15(19)20-8-14(10)21-13/h5-6,8-9,11-12,16,21H,4,7H2,1-3H3,(H,22,23)/t9-,11?,12-,16+/m0/s1. The van der Waals surface area contributed by atoms with Crippen molar-refractivity contribution in [1.82, 2.24) is 15.3 Å². The summed E-state index contributed by atoms with van der Waals surface area (Å²) in [5.41, 5.74) is 1.83. The highest BCUT2D eigenvalue weighted by atomic mass is 35.5. The molecular formula is C18H22ClN3O. The lowest BCUT2D eigenvalue weighted by molar-refractivity contribution is 0.0832. The summed E-state index contributed by atoms with van der Waals surface area (Å²) in [6.07, 6.45) is 4.11. The van der Waals surface area contributed by atoms with Gasteiger partial charge in [-0.2, -0.15) is 0 Å². The predicted octanol–water partition coefficient (Wildman–Crippen LogP) is 4.02. The van der Waals surface area contributed by atoms with Crippen LogP contribution in [0.2, 0.25) is 5.15 Å². The van der Waals surface area contributed by atoms with Crippen LogP contribution in [0.5, 0.6) is 0 Å². The van der Waals surface area contributed by atoms with Crippen molar-refractivity contribution in [2.45, 2.75) is 39.7 Å². The summed E-state index contributed by atoms with van der Waals surface area (Å²) in [6.45, 7) is 7.01. The lowest BCUT2D eigenvalue weighted by Gasteiger charge is -2.39. The van der Waals surface area contributed by atoms with Crippen molar-refractivity contribution >= 4 is 28.4 Å². The van der Waals surface area contributed by atoms with Gasteiger partial charge >= 0.3 is 0 Å². The Morgan fingerprint density at radius 2 is 2.22 bits per heavy atom. The topological polar surface area (TPSA) is 57.8 Å². The first-order valence-electron chi connectivity index (χ1n) is 8.30. The fourth-order valence-electron chi connectivity index (χ4n) is 5.04. The average Bonchev–Trinajstić information content (AvgIpc) is 3.11. The molecule has 0 saturated heterocycles. The van der Waals surface area contributed by atoms with Gasteiger partial charge in [0.15, 0.2) is 0 Å². The van der Waals surface area contributed by atoms with Crippen molar-refractivity contribution in [1.29, 1.82) is 0 Å². The molecule has 4 rings (SSSR count). The Kier molecular flexibility index (Phi) is 3.24. The lowest BCUT2D eigenvalue weighted by atomic mass is 9.70. The van der Waals surface area contributed by atoms with E-state index in [2.05, 4.69) is 36.1 Å². The molecule has 0 aromatic carbocycles. The maximum Gasteiger partial charge on any atom is 0.267 e. The molecule has 2 aliphatic rings. The molecule has 2 heterocycles. The zero-order valence-corrected chi connectivity index (χ0v) is 14.4. The number of aromatic nitrogens is 2. The number of nitrogens with zero attached hydrogens (tertiary/aromatic N) is 1. The minimum atomic E-state index is -0.0282. The molecule has 2 N–H and O–H groups in total. The van der Waals surface area contributed by atoms with Crippen molar-refractivity contribution in [3.63, 3.8) is 0 Å². The van der Waals surface area contributed by atoms with Crippen molar-refractivity contribution < 1.29 is 4.79 Å². The van der Waals surface area contributed by atoms with Gasteiger partial charge in [-0.1, -0.05) is 32.4 Å². The van der Waals surface area contributed by atoms with Crippen LogP contribution in [0, 0.1) is 23.2 Å². The Bertz CT molecular complexity index is 780. The Balaban J connectivity index is 1.54. The molecule has 1 unspecified atom stereocenters. The van der Waals surface area contributed by atoms with Gasteiger partial charge in [-0.05, 0) is 48.1 Å². The molecule has 0 aliphatic heterocycles. The van der Waals surface area contributed by atoms with Gasteiger partial charge in [-0.15, -0.1) is 0 Å². The summed E-state index contributed by atoms with van der Waals surface area (Å²) in [5, 5.41) is 4.62. The molecule has 4 atom stereocenters. The highest BCUT2D eigenvalue weighted by Gasteiger charge is 2.54. The molecule has 2 aromatic heterocycles. The number of aromatic amines is 1. The molecule has 5 heteroatoms. The van der Waals surface area contributed by atoms with E-state index >= 15 is 0 Å². The maximum absolute atomic E-state index is 12.6. The maximum atomic E-state index is 12.6. The highest BCUT2D eigenvalue weighted by molar-refractivity contribution is 6.30. The second kappa shape index (κ2) is 4.97. The number of halogens is 1. The van der Waals surface area contributed by atoms with Crippen LogP contribution in [0.25, 0.3) is 10.9 Å². The van der Waals surface area contributed by atoms with Crippen LogP contribution < -0.4 is 5.32 Å². The molecule has 2 saturated carbocycles. The Morgan fingerprint density at radius 1 is 1.43 bits per heavy atom. The first-order chi connectivity index (χ1) is 10.8. The number of carbonyl (C=O) groups excluding carboxylic acids is 1. The highest BCUT2D eigenvalue weighted by Crippen LogP contribution is 2.58. The zero-order valence-electron chi connectivity index (χ0n) is 13.7. The molecule has 122 valence electrons. The van der Waals surface area contributed by atoms with Crippen LogP contribution in [0.4, 0.5) is 0 Å². The largest absolute Gasteiger partial charge is 0.349 e. The summed E-state index contributed by atoms with van der Waals surface area (Å²) in [4.78, 5) is 19.8. The number of pyridine rings is 1. The third-order valence-corrected chi connectivity index (χ3v) is 6.28. The van der Waals surface area contributed by atoms with Crippen LogP contribution in [-0.4, -0.2) is 21.9 Å². The number of carbonyl (C=O) groups is 1. The van der Waals surface area contributed by atoms with Gasteiger partial charge in [0.25, 0.3) is 5.91 Å². The molecular weight excluding hydrogens is 310 g/mol. The third-order valence-electron chi connectivity index (χ3n) is 6.07. The van der Waals surface area contributed by atoms with Crippen LogP contribution in [0.3, 0.4) is 0 Å². The summed E-state index contributed by atoms with van der Waals surface area (Å²) in [7, 11) is 0. The fraction of sp³-hybridized carbons (Fsp3) is 0.556. The summed E-state index contributed by atoms with van der Waals surface area (Å²) in [6, 6.07) is 3.90. The SMILES string of the molecule is C[C@@H]1[C@@H](NC(=O)c2cc3cc(Cl)ncc3[nH]2)C2C[C@@H]1C(C)(C)C2. The van der Waals surface area contributed by atoms with E-state index in [1.54, 1.807) is 12.3 Å². The number of H-pyrrole nitrogens is 1. The molecule has 0 spiro atoms. The number of nitrogens with one attached hydrogen (secondary N) is 2. The monoisotopic (exact) mass is 331 g/mol. The predicted molar refractivity (Wildman–Crippen MR) is 91.5 cm³/mol. The first-order valence-corrected chi connectivity index (χ1v) is 8.68. The van der Waals surface area contributed by atoms with Crippen molar-refractivity contribution in [3.05, 3.63) is 29.2 Å². The van der Waals surface area contributed by atoms with Gasteiger partial charge in [0, 0.05) is 11.4 Å². The molecule has 2 aromatic rings. The fourth-order valence-corrected chi connectivity index (χ4v) is 5.21. The molecule has 4 nitrogen and oxygen atoms in total. The van der Waals surface area contributed by atoms with Crippen molar-refractivity contribution in [3.8, 4) is 0 Å². The molecule has 2 aliphatic carbocycles. The van der Waals surface area contributed by atoms with E-state index in [1.807, 2.05) is 6.07 Å². The normalized spacial score (nSPS) is 31.7. The Labute approximate surface area is 141 Å². The molecule has 2 bridgehead atoms. The minimum Gasteiger partial charge on any atom is -0.349 e. The van der Waals surface area contributed by atoms with Crippen LogP contribution in [0.15, 0.2) is 18.3 Å². The number of fused-ring (bicyclic) bond motifs is 3. The van der Waals surface area contributed by atoms with Gasteiger partial charge in [0.05, 0.1) is 11.7 Å². The van der Waals surface area contributed by atoms with E-state index in [1.165, 1.54) is 12.8 Å². The molecule has 1 amide bonds. The second-order valence-corrected chi connectivity index (χ2v) is 8.32. The summed E-state index contributed by atoms with van der Waals surface area (Å²) < 4.78 is 0. The molecule has 23 heavy (non-hydrogen) atoms. The first kappa shape index (κ1) is 15.0. The number of hydrogen-bond acceptors (Lipinski definition) is 2. The quantitative estimate of drug-likeness (QED) is 0.817. The smallest absolute Gasteiger partial charge is 0.267 e. The molecule has 0 radical (unpaired) electrons. The summed E-state index contributed by atoms with van der Waals surface area (Å²) in [5.74, 6) is 1.82. The van der Waals surface area contributed by atoms with E-state index in [0.29, 0.717) is 34.0 Å². The van der Waals surface area contributed by atoms with Gasteiger partial charge in [-0.25, -0.2) is 4.98 Å². The van der Waals surface area contributed by atoms with Crippen molar-refractivity contribution in [2.75, 3.05) is 0 Å². The number of hydrogen-bond donors (Lipinski definition) is 2. The lowest BCUT2D eigenvalue weighted by Crippen LogP contribution is -2.46. The average molecular weight is 332 g/mol. The number of amides is 1. The van der Waals surface area contributed by atoms with Gasteiger partial charge in [0.1, 0.15) is 10.8 Å². The van der Waals surface area contributed by atoms with Crippen molar-refractivity contribution in [2.24, 2.45) is 23.2 Å². The van der Waals surface area contributed by atoms with E-state index in [0.717, 1.165) is 10.9 Å². The van der Waals surface area contributed by atoms with Crippen LogP contribution >= 0.6 is 11.6 Å². The zero-order chi connectivity index (χ0) is 16.4. The number of rotatable bonds is 2. The van der Waals surface area contributed by atoms with Crippen LogP contribution in [0.1, 0.15) is 44.1 Å². The van der Waals surface area contributed by atoms with E-state index < -0.39 is 0 Å². The van der Waals surface area contributed by atoms with Gasteiger partial charge < -0.3 is 10.3 Å².